The molecule has 0 spiro atoms. The molecule has 1 atom stereocenters. The van der Waals surface area contributed by atoms with E-state index in [1.807, 2.05) is 4.90 Å². The molecule has 0 bridgehead atoms. The number of carboxylic acid groups (broad SMARTS) is 1. The van der Waals surface area contributed by atoms with Gasteiger partial charge in [0.15, 0.2) is 0 Å². The van der Waals surface area contributed by atoms with Crippen LogP contribution in [0.4, 0.5) is 5.95 Å². The Balaban J connectivity index is 1.53. The second kappa shape index (κ2) is 8.99. The summed E-state index contributed by atoms with van der Waals surface area (Å²) >= 11 is 0. The molecule has 152 valence electrons. The van der Waals surface area contributed by atoms with Crippen molar-refractivity contribution in [1.29, 1.82) is 0 Å². The van der Waals surface area contributed by atoms with E-state index in [-0.39, 0.29) is 18.2 Å². The van der Waals surface area contributed by atoms with Crippen LogP contribution in [0.2, 0.25) is 0 Å². The molecular formula is C19H27N5O4. The zero-order valence-electron chi connectivity index (χ0n) is 16.0. The molecule has 9 nitrogen and oxygen atoms in total. The van der Waals surface area contributed by atoms with Crippen molar-refractivity contribution in [2.45, 2.75) is 50.5 Å². The highest BCUT2D eigenvalue weighted by atomic mass is 16.4. The van der Waals surface area contributed by atoms with Gasteiger partial charge >= 0.3 is 5.97 Å². The normalized spacial score (nSPS) is 22.6. The number of aromatic nitrogens is 2. The molecule has 0 aromatic carbocycles. The number of nitrogens with zero attached hydrogens (tertiary/aromatic N) is 4. The Morgan fingerprint density at radius 2 is 1.86 bits per heavy atom. The number of amides is 2. The number of hydrogen-bond acceptors (Lipinski definition) is 6. The molecule has 0 saturated carbocycles. The van der Waals surface area contributed by atoms with Crippen molar-refractivity contribution in [3.8, 4) is 0 Å². The lowest BCUT2D eigenvalue weighted by Crippen LogP contribution is -2.43. The number of nitrogens with one attached hydrogen (secondary N) is 1. The summed E-state index contributed by atoms with van der Waals surface area (Å²) in [6, 6.07) is 1.78. The number of carboxylic acids is 1. The van der Waals surface area contributed by atoms with Crippen molar-refractivity contribution in [2.24, 2.45) is 0 Å². The van der Waals surface area contributed by atoms with E-state index in [4.69, 9.17) is 5.11 Å². The van der Waals surface area contributed by atoms with Crippen LogP contribution in [0.25, 0.3) is 0 Å². The summed E-state index contributed by atoms with van der Waals surface area (Å²) in [5, 5.41) is 11.9. The Hall–Kier alpha value is -2.71. The van der Waals surface area contributed by atoms with Gasteiger partial charge in [0.05, 0.1) is 0 Å². The summed E-state index contributed by atoms with van der Waals surface area (Å²) in [7, 11) is 0. The molecule has 1 aromatic rings. The fourth-order valence-electron chi connectivity index (χ4n) is 3.95. The van der Waals surface area contributed by atoms with Crippen LogP contribution in [0, 0.1) is 0 Å². The summed E-state index contributed by atoms with van der Waals surface area (Å²) in [6.45, 7) is 2.76. The van der Waals surface area contributed by atoms with E-state index >= 15 is 0 Å². The van der Waals surface area contributed by atoms with Crippen molar-refractivity contribution in [2.75, 3.05) is 31.1 Å². The van der Waals surface area contributed by atoms with Crippen molar-refractivity contribution in [3.63, 3.8) is 0 Å². The van der Waals surface area contributed by atoms with Gasteiger partial charge in [-0.1, -0.05) is 0 Å². The Morgan fingerprint density at radius 3 is 2.54 bits per heavy atom. The van der Waals surface area contributed by atoms with E-state index in [1.54, 1.807) is 18.5 Å². The van der Waals surface area contributed by atoms with Crippen molar-refractivity contribution in [1.82, 2.24) is 20.2 Å². The number of carbonyl (C=O) groups excluding carboxylic acids is 2. The van der Waals surface area contributed by atoms with Crippen LogP contribution in [0.3, 0.4) is 0 Å². The van der Waals surface area contributed by atoms with Gasteiger partial charge in [0, 0.05) is 63.4 Å². The Morgan fingerprint density at radius 1 is 1.11 bits per heavy atom. The molecule has 2 aliphatic heterocycles. The maximum absolute atomic E-state index is 12.8. The minimum atomic E-state index is -0.886. The molecule has 3 rings (SSSR count). The highest BCUT2D eigenvalue weighted by molar-refractivity contribution is 5.80. The summed E-state index contributed by atoms with van der Waals surface area (Å²) < 4.78 is 0. The molecule has 2 amide bonds. The molecule has 1 aromatic heterocycles. The molecule has 1 unspecified atom stereocenters. The van der Waals surface area contributed by atoms with Crippen LogP contribution >= 0.6 is 0 Å². The lowest BCUT2D eigenvalue weighted by atomic mass is 9.86. The van der Waals surface area contributed by atoms with Crippen LogP contribution in [0.1, 0.15) is 44.9 Å². The topological polar surface area (TPSA) is 116 Å². The largest absolute Gasteiger partial charge is 0.481 e. The van der Waals surface area contributed by atoms with Gasteiger partial charge in [-0.05, 0) is 31.7 Å². The minimum absolute atomic E-state index is 0.00970. The van der Waals surface area contributed by atoms with Gasteiger partial charge in [0.25, 0.3) is 0 Å². The quantitative estimate of drug-likeness (QED) is 0.709. The van der Waals surface area contributed by atoms with E-state index in [1.165, 1.54) is 0 Å². The third-order valence-electron chi connectivity index (χ3n) is 5.55. The molecule has 2 fully saturated rings. The Labute approximate surface area is 164 Å². The third-order valence-corrected chi connectivity index (χ3v) is 5.55. The second-order valence-electron chi connectivity index (χ2n) is 7.49. The molecule has 2 N–H and O–H groups in total. The molecule has 0 radical (unpaired) electrons. The SMILES string of the molecule is O=C(O)CCC1(CCC(=O)N2CCCN(c3ncccn3)CC2)CCC(=O)N1. The molecule has 2 saturated heterocycles. The molecular weight excluding hydrogens is 362 g/mol. The van der Waals surface area contributed by atoms with Crippen molar-refractivity contribution < 1.29 is 19.5 Å². The maximum Gasteiger partial charge on any atom is 0.303 e. The standard InChI is InChI=1S/C19H27N5O4/c25-15-3-6-19(22-15,8-5-17(27)28)7-4-16(26)23-11-2-12-24(14-13-23)18-20-9-1-10-21-18/h1,9-10H,2-8,11-14H2,(H,22,25)(H,27,28). The number of hydrogen-bond donors (Lipinski definition) is 2. The van der Waals surface area contributed by atoms with Crippen LogP contribution in [0.5, 0.6) is 0 Å². The van der Waals surface area contributed by atoms with Gasteiger partial charge in [-0.3, -0.25) is 14.4 Å². The highest BCUT2D eigenvalue weighted by Crippen LogP contribution is 2.30. The monoisotopic (exact) mass is 389 g/mol. The zero-order chi connectivity index (χ0) is 20.0. The first kappa shape index (κ1) is 20.0. The lowest BCUT2D eigenvalue weighted by molar-refractivity contribution is -0.137. The number of aliphatic carboxylic acids is 1. The first-order valence-electron chi connectivity index (χ1n) is 9.80. The Bertz CT molecular complexity index is 714. The van der Waals surface area contributed by atoms with Gasteiger partial charge in [0.2, 0.25) is 17.8 Å². The average molecular weight is 389 g/mol. The van der Waals surface area contributed by atoms with Gasteiger partial charge in [-0.25, -0.2) is 9.97 Å². The molecule has 3 heterocycles. The molecule has 2 aliphatic rings. The van der Waals surface area contributed by atoms with E-state index in [9.17, 15) is 14.4 Å². The fraction of sp³-hybridized carbons (Fsp3) is 0.632. The van der Waals surface area contributed by atoms with Crippen molar-refractivity contribution in [3.05, 3.63) is 18.5 Å². The summed E-state index contributed by atoms with van der Waals surface area (Å²) in [4.78, 5) is 47.9. The first-order chi connectivity index (χ1) is 13.5. The minimum Gasteiger partial charge on any atom is -0.481 e. The molecule has 0 aliphatic carbocycles. The first-order valence-corrected chi connectivity index (χ1v) is 9.80. The van der Waals surface area contributed by atoms with Crippen LogP contribution in [-0.4, -0.2) is 69.5 Å². The van der Waals surface area contributed by atoms with E-state index in [0.717, 1.165) is 13.0 Å². The maximum atomic E-state index is 12.8. The number of carbonyl (C=O) groups is 3. The van der Waals surface area contributed by atoms with E-state index in [2.05, 4.69) is 20.2 Å². The van der Waals surface area contributed by atoms with Crippen LogP contribution in [0.15, 0.2) is 18.5 Å². The third kappa shape index (κ3) is 5.17. The summed E-state index contributed by atoms with van der Waals surface area (Å²) in [6.07, 6.45) is 6.38. The summed E-state index contributed by atoms with van der Waals surface area (Å²) in [5.74, 6) is -0.224. The van der Waals surface area contributed by atoms with Gasteiger partial charge in [0.1, 0.15) is 0 Å². The average Bonchev–Trinajstić information content (AvgIpc) is 2.91. The van der Waals surface area contributed by atoms with Crippen molar-refractivity contribution >= 4 is 23.7 Å². The highest BCUT2D eigenvalue weighted by Gasteiger charge is 2.38. The smallest absolute Gasteiger partial charge is 0.303 e. The van der Waals surface area contributed by atoms with E-state index < -0.39 is 11.5 Å². The van der Waals surface area contributed by atoms with Gasteiger partial charge in [-0.15, -0.1) is 0 Å². The zero-order valence-corrected chi connectivity index (χ0v) is 16.0. The van der Waals surface area contributed by atoms with Crippen LogP contribution in [-0.2, 0) is 14.4 Å². The predicted molar refractivity (Wildman–Crippen MR) is 102 cm³/mol. The second-order valence-corrected chi connectivity index (χ2v) is 7.49. The molecule has 9 heteroatoms. The fourth-order valence-corrected chi connectivity index (χ4v) is 3.95. The van der Waals surface area contributed by atoms with Gasteiger partial charge < -0.3 is 20.2 Å². The lowest BCUT2D eigenvalue weighted by Gasteiger charge is -2.30. The van der Waals surface area contributed by atoms with E-state index in [0.29, 0.717) is 57.7 Å². The van der Waals surface area contributed by atoms with Gasteiger partial charge in [-0.2, -0.15) is 0 Å². The predicted octanol–water partition coefficient (Wildman–Crippen LogP) is 0.809. The van der Waals surface area contributed by atoms with Crippen LogP contribution < -0.4 is 10.2 Å². The number of anilines is 1. The number of rotatable bonds is 7. The Kier molecular flexibility index (Phi) is 6.43. The molecule has 28 heavy (non-hydrogen) atoms. The summed E-state index contributed by atoms with van der Waals surface area (Å²) in [5.41, 5.74) is -0.569.